The third-order valence-corrected chi connectivity index (χ3v) is 5.93. The number of carbonyl (C=O) groups is 2. The molecule has 0 aromatic carbocycles. The zero-order valence-corrected chi connectivity index (χ0v) is 14.2. The van der Waals surface area contributed by atoms with Gasteiger partial charge < -0.3 is 10.2 Å². The Labute approximate surface area is 137 Å². The van der Waals surface area contributed by atoms with E-state index >= 15 is 0 Å². The molecule has 0 spiro atoms. The quantitative estimate of drug-likeness (QED) is 0.888. The van der Waals surface area contributed by atoms with Crippen LogP contribution in [0.5, 0.6) is 0 Å². The predicted molar refractivity (Wildman–Crippen MR) is 85.9 cm³/mol. The van der Waals surface area contributed by atoms with E-state index < -0.39 is 0 Å². The third kappa shape index (κ3) is 3.48. The zero-order chi connectivity index (χ0) is 14.8. The molecule has 2 aliphatic rings. The van der Waals surface area contributed by atoms with Crippen molar-refractivity contribution in [2.24, 2.45) is 5.92 Å². The van der Waals surface area contributed by atoms with E-state index in [1.54, 1.807) is 16.2 Å². The number of rotatable bonds is 3. The Hall–Kier alpha value is -0.880. The van der Waals surface area contributed by atoms with E-state index in [2.05, 4.69) is 21.2 Å². The van der Waals surface area contributed by atoms with Gasteiger partial charge in [0.05, 0.1) is 16.9 Å². The van der Waals surface area contributed by atoms with E-state index in [0.29, 0.717) is 12.5 Å². The summed E-state index contributed by atoms with van der Waals surface area (Å²) in [6.45, 7) is 0.712. The molecule has 3 rings (SSSR count). The summed E-state index contributed by atoms with van der Waals surface area (Å²) >= 11 is 5.05. The number of hydrogen-bond acceptors (Lipinski definition) is 3. The van der Waals surface area contributed by atoms with Crippen molar-refractivity contribution in [3.63, 3.8) is 0 Å². The summed E-state index contributed by atoms with van der Waals surface area (Å²) in [4.78, 5) is 27.5. The van der Waals surface area contributed by atoms with E-state index in [4.69, 9.17) is 0 Å². The van der Waals surface area contributed by atoms with Crippen LogP contribution in [0.25, 0.3) is 0 Å². The highest BCUT2D eigenvalue weighted by Gasteiger charge is 2.38. The molecule has 0 radical (unpaired) electrons. The van der Waals surface area contributed by atoms with Crippen molar-refractivity contribution in [2.45, 2.75) is 44.7 Å². The first-order chi connectivity index (χ1) is 10.1. The van der Waals surface area contributed by atoms with Crippen LogP contribution in [0.2, 0.25) is 0 Å². The predicted octanol–water partition coefficient (Wildman–Crippen LogP) is 2.92. The molecule has 6 heteroatoms. The van der Waals surface area contributed by atoms with E-state index in [1.807, 2.05) is 12.1 Å². The van der Waals surface area contributed by atoms with Gasteiger partial charge in [-0.25, -0.2) is 0 Å². The second-order valence-corrected chi connectivity index (χ2v) is 8.39. The smallest absolute Gasteiger partial charge is 0.246 e. The minimum Gasteiger partial charge on any atom is -0.342 e. The van der Waals surface area contributed by atoms with Gasteiger partial charge in [-0.2, -0.15) is 0 Å². The lowest BCUT2D eigenvalue weighted by Gasteiger charge is -2.37. The minimum atomic E-state index is -0.310. The maximum absolute atomic E-state index is 12.7. The van der Waals surface area contributed by atoms with Crippen molar-refractivity contribution < 1.29 is 9.59 Å². The van der Waals surface area contributed by atoms with Crippen LogP contribution in [-0.4, -0.2) is 29.3 Å². The van der Waals surface area contributed by atoms with Gasteiger partial charge >= 0.3 is 0 Å². The second kappa shape index (κ2) is 6.48. The van der Waals surface area contributed by atoms with Gasteiger partial charge in [-0.3, -0.25) is 9.59 Å². The fourth-order valence-electron chi connectivity index (χ4n) is 3.27. The molecule has 1 aromatic heterocycles. The highest BCUT2D eigenvalue weighted by atomic mass is 79.9. The number of carbonyl (C=O) groups excluding carboxylic acids is 2. The molecule has 1 aliphatic carbocycles. The van der Waals surface area contributed by atoms with E-state index in [9.17, 15) is 9.59 Å². The Morgan fingerprint density at radius 3 is 2.67 bits per heavy atom. The van der Waals surface area contributed by atoms with Crippen molar-refractivity contribution in [3.05, 3.63) is 20.8 Å². The number of nitrogens with zero attached hydrogens (tertiary/aromatic N) is 1. The van der Waals surface area contributed by atoms with E-state index in [0.717, 1.165) is 21.5 Å². The molecule has 4 nitrogen and oxygen atoms in total. The fraction of sp³-hybridized carbons (Fsp3) is 0.600. The van der Waals surface area contributed by atoms with E-state index in [-0.39, 0.29) is 24.4 Å². The van der Waals surface area contributed by atoms with Crippen LogP contribution >= 0.6 is 27.3 Å². The molecule has 1 aliphatic heterocycles. The van der Waals surface area contributed by atoms with Crippen molar-refractivity contribution in [1.29, 1.82) is 0 Å². The molecule has 114 valence electrons. The van der Waals surface area contributed by atoms with Crippen LogP contribution in [-0.2, 0) is 16.1 Å². The maximum Gasteiger partial charge on any atom is 0.246 e. The summed E-state index contributed by atoms with van der Waals surface area (Å²) in [5.41, 5.74) is 0. The van der Waals surface area contributed by atoms with Gasteiger partial charge in [0, 0.05) is 4.88 Å². The number of nitrogens with one attached hydrogen (secondary N) is 1. The highest BCUT2D eigenvalue weighted by molar-refractivity contribution is 9.11. The number of halogens is 1. The van der Waals surface area contributed by atoms with Crippen LogP contribution in [0.4, 0.5) is 0 Å². The molecule has 1 unspecified atom stereocenters. The Morgan fingerprint density at radius 1 is 1.24 bits per heavy atom. The number of hydrogen-bond donors (Lipinski definition) is 1. The molecule has 2 fully saturated rings. The number of amides is 2. The lowest BCUT2D eigenvalue weighted by Crippen LogP contribution is -2.60. The molecule has 1 atom stereocenters. The lowest BCUT2D eigenvalue weighted by molar-refractivity contribution is -0.146. The van der Waals surface area contributed by atoms with Crippen LogP contribution in [0.1, 0.15) is 37.0 Å². The Bertz CT molecular complexity index is 540. The van der Waals surface area contributed by atoms with Gasteiger partial charge in [0.15, 0.2) is 0 Å². The molecule has 1 saturated carbocycles. The Morgan fingerprint density at radius 2 is 2.00 bits per heavy atom. The monoisotopic (exact) mass is 370 g/mol. The van der Waals surface area contributed by atoms with Crippen LogP contribution in [0, 0.1) is 5.92 Å². The average molecular weight is 371 g/mol. The first kappa shape index (κ1) is 15.0. The Kier molecular flexibility index (Phi) is 4.64. The summed E-state index contributed by atoms with van der Waals surface area (Å²) in [6.07, 6.45) is 5.69. The van der Waals surface area contributed by atoms with Crippen LogP contribution in [0.3, 0.4) is 0 Å². The van der Waals surface area contributed by atoms with Gasteiger partial charge in [0.1, 0.15) is 6.04 Å². The second-order valence-electron chi connectivity index (χ2n) is 5.84. The molecule has 21 heavy (non-hydrogen) atoms. The average Bonchev–Trinajstić information content (AvgIpc) is 2.89. The first-order valence-corrected chi connectivity index (χ1v) is 9.07. The summed E-state index contributed by atoms with van der Waals surface area (Å²) in [5.74, 6) is 0.375. The van der Waals surface area contributed by atoms with Gasteiger partial charge in [-0.15, -0.1) is 11.3 Å². The van der Waals surface area contributed by atoms with Crippen molar-refractivity contribution in [2.75, 3.05) is 6.54 Å². The molecule has 1 aromatic rings. The summed E-state index contributed by atoms with van der Waals surface area (Å²) < 4.78 is 1.05. The standard InChI is InChI=1S/C15H19BrN2O2S/c16-12-7-6-11(21-12)8-18-9-13(19)17-14(15(18)20)10-4-2-1-3-5-10/h6-7,10,14H,1-5,8-9H2,(H,17,19). The summed E-state index contributed by atoms with van der Waals surface area (Å²) in [6, 6.07) is 3.67. The van der Waals surface area contributed by atoms with Gasteiger partial charge in [-0.1, -0.05) is 19.3 Å². The normalized spacial score (nSPS) is 24.2. The van der Waals surface area contributed by atoms with Crippen LogP contribution < -0.4 is 5.32 Å². The molecular weight excluding hydrogens is 352 g/mol. The van der Waals surface area contributed by atoms with E-state index in [1.165, 1.54) is 19.3 Å². The first-order valence-electron chi connectivity index (χ1n) is 7.46. The number of thiophene rings is 1. The third-order valence-electron chi connectivity index (χ3n) is 4.33. The zero-order valence-electron chi connectivity index (χ0n) is 11.8. The summed E-state index contributed by atoms with van der Waals surface area (Å²) in [5, 5.41) is 2.92. The largest absolute Gasteiger partial charge is 0.342 e. The fourth-order valence-corrected chi connectivity index (χ4v) is 4.77. The van der Waals surface area contributed by atoms with Gasteiger partial charge in [0.2, 0.25) is 11.8 Å². The van der Waals surface area contributed by atoms with Crippen LogP contribution in [0.15, 0.2) is 15.9 Å². The molecule has 1 saturated heterocycles. The highest BCUT2D eigenvalue weighted by Crippen LogP contribution is 2.29. The SMILES string of the molecule is O=C1CN(Cc2ccc(Br)s2)C(=O)C(C2CCCCC2)N1. The molecule has 2 amide bonds. The van der Waals surface area contributed by atoms with Gasteiger partial charge in [0.25, 0.3) is 0 Å². The summed E-state index contributed by atoms with van der Waals surface area (Å²) in [7, 11) is 0. The number of piperazine rings is 1. The minimum absolute atomic E-state index is 0.0270. The lowest BCUT2D eigenvalue weighted by atomic mass is 9.82. The van der Waals surface area contributed by atoms with Gasteiger partial charge in [-0.05, 0) is 46.8 Å². The van der Waals surface area contributed by atoms with Crippen molar-refractivity contribution >= 4 is 39.1 Å². The maximum atomic E-state index is 12.7. The molecule has 1 N–H and O–H groups in total. The molecular formula is C15H19BrN2O2S. The van der Waals surface area contributed by atoms with Crippen molar-refractivity contribution in [1.82, 2.24) is 10.2 Å². The molecule has 2 heterocycles. The topological polar surface area (TPSA) is 49.4 Å². The Balaban J connectivity index is 1.71. The molecule has 0 bridgehead atoms. The van der Waals surface area contributed by atoms with Crippen molar-refractivity contribution in [3.8, 4) is 0 Å².